The van der Waals surface area contributed by atoms with E-state index in [2.05, 4.69) is 5.32 Å². The number of halogens is 1. The summed E-state index contributed by atoms with van der Waals surface area (Å²) in [6.07, 6.45) is 0. The molecule has 0 saturated carbocycles. The summed E-state index contributed by atoms with van der Waals surface area (Å²) < 4.78 is 0. The van der Waals surface area contributed by atoms with Crippen LogP contribution in [0, 0.1) is 0 Å². The predicted octanol–water partition coefficient (Wildman–Crippen LogP) is 2.54. The lowest BCUT2D eigenvalue weighted by Gasteiger charge is -2.09. The van der Waals surface area contributed by atoms with Gasteiger partial charge in [-0.3, -0.25) is 4.79 Å². The van der Waals surface area contributed by atoms with E-state index in [0.29, 0.717) is 16.5 Å². The van der Waals surface area contributed by atoms with Crippen molar-refractivity contribution < 1.29 is 4.79 Å². The van der Waals surface area contributed by atoms with E-state index in [4.69, 9.17) is 17.3 Å². The number of anilines is 1. The van der Waals surface area contributed by atoms with Gasteiger partial charge in [-0.15, -0.1) is 11.8 Å². The van der Waals surface area contributed by atoms with Gasteiger partial charge in [0.25, 0.3) is 0 Å². The van der Waals surface area contributed by atoms with Gasteiger partial charge in [0.15, 0.2) is 0 Å². The molecule has 0 radical (unpaired) electrons. The van der Waals surface area contributed by atoms with Gasteiger partial charge < -0.3 is 11.1 Å². The Balaban J connectivity index is 2.54. The highest BCUT2D eigenvalue weighted by molar-refractivity contribution is 8.00. The molecule has 3 N–H and O–H groups in total. The number of carbonyl (C=O) groups excluding carboxylic acids is 1. The van der Waals surface area contributed by atoms with Gasteiger partial charge in [0.1, 0.15) is 0 Å². The van der Waals surface area contributed by atoms with Crippen molar-refractivity contribution in [1.29, 1.82) is 0 Å². The van der Waals surface area contributed by atoms with Crippen molar-refractivity contribution in [2.45, 2.75) is 24.8 Å². The van der Waals surface area contributed by atoms with Gasteiger partial charge in [0, 0.05) is 21.6 Å². The number of nitrogens with one attached hydrogen (secondary N) is 1. The van der Waals surface area contributed by atoms with Crippen LogP contribution in [0.2, 0.25) is 5.02 Å². The van der Waals surface area contributed by atoms with Crippen LogP contribution in [0.3, 0.4) is 0 Å². The maximum absolute atomic E-state index is 11.4. The SMILES string of the molecule is CC(C)NC(=O)CSc1cc(Cl)ccc1N. The molecule has 3 nitrogen and oxygen atoms in total. The largest absolute Gasteiger partial charge is 0.398 e. The number of thioether (sulfide) groups is 1. The number of carbonyl (C=O) groups is 1. The molecule has 0 heterocycles. The minimum absolute atomic E-state index is 0.000578. The van der Waals surface area contributed by atoms with Crippen LogP contribution in [0.5, 0.6) is 0 Å². The van der Waals surface area contributed by atoms with Gasteiger partial charge in [-0.25, -0.2) is 0 Å². The molecular formula is C11H15ClN2OS. The molecule has 0 aliphatic heterocycles. The number of rotatable bonds is 4. The van der Waals surface area contributed by atoms with Gasteiger partial charge >= 0.3 is 0 Å². The second-order valence-electron chi connectivity index (χ2n) is 3.69. The molecule has 0 unspecified atom stereocenters. The van der Waals surface area contributed by atoms with Crippen molar-refractivity contribution >= 4 is 35.0 Å². The lowest BCUT2D eigenvalue weighted by molar-refractivity contribution is -0.119. The van der Waals surface area contributed by atoms with E-state index in [1.165, 1.54) is 11.8 Å². The third kappa shape index (κ3) is 4.33. The van der Waals surface area contributed by atoms with E-state index in [-0.39, 0.29) is 11.9 Å². The van der Waals surface area contributed by atoms with Crippen molar-refractivity contribution in [3.63, 3.8) is 0 Å². The van der Waals surface area contributed by atoms with E-state index in [1.54, 1.807) is 18.2 Å². The van der Waals surface area contributed by atoms with Gasteiger partial charge in [0.2, 0.25) is 5.91 Å². The maximum Gasteiger partial charge on any atom is 0.230 e. The average Bonchev–Trinajstić information content (AvgIpc) is 2.18. The van der Waals surface area contributed by atoms with Crippen LogP contribution < -0.4 is 11.1 Å². The molecule has 0 spiro atoms. The maximum atomic E-state index is 11.4. The molecule has 0 aromatic heterocycles. The minimum atomic E-state index is -0.000578. The zero-order valence-electron chi connectivity index (χ0n) is 9.29. The van der Waals surface area contributed by atoms with Crippen molar-refractivity contribution in [3.8, 4) is 0 Å². The highest BCUT2D eigenvalue weighted by Crippen LogP contribution is 2.27. The quantitative estimate of drug-likeness (QED) is 0.645. The third-order valence-electron chi connectivity index (χ3n) is 1.78. The smallest absolute Gasteiger partial charge is 0.230 e. The molecule has 0 aliphatic carbocycles. The van der Waals surface area contributed by atoms with Crippen molar-refractivity contribution in [2.75, 3.05) is 11.5 Å². The highest BCUT2D eigenvalue weighted by Gasteiger charge is 2.06. The zero-order chi connectivity index (χ0) is 12.1. The Morgan fingerprint density at radius 2 is 2.25 bits per heavy atom. The van der Waals surface area contributed by atoms with E-state index in [0.717, 1.165) is 4.90 Å². The lowest BCUT2D eigenvalue weighted by atomic mass is 10.3. The summed E-state index contributed by atoms with van der Waals surface area (Å²) in [6, 6.07) is 5.40. The Kier molecular flexibility index (Phi) is 4.96. The predicted molar refractivity (Wildman–Crippen MR) is 69.9 cm³/mol. The summed E-state index contributed by atoms with van der Waals surface area (Å²) in [5.41, 5.74) is 6.41. The fraction of sp³-hybridized carbons (Fsp3) is 0.364. The number of amides is 1. The normalized spacial score (nSPS) is 10.5. The summed E-state index contributed by atoms with van der Waals surface area (Å²) in [7, 11) is 0. The molecule has 88 valence electrons. The van der Waals surface area contributed by atoms with Crippen LogP contribution in [-0.4, -0.2) is 17.7 Å². The first kappa shape index (κ1) is 13.2. The summed E-state index contributed by atoms with van der Waals surface area (Å²) in [4.78, 5) is 12.3. The zero-order valence-corrected chi connectivity index (χ0v) is 10.9. The molecule has 1 amide bonds. The molecule has 0 bridgehead atoms. The summed E-state index contributed by atoms with van der Waals surface area (Å²) in [5.74, 6) is 0.349. The summed E-state index contributed by atoms with van der Waals surface area (Å²) >= 11 is 7.24. The average molecular weight is 259 g/mol. The summed E-state index contributed by atoms with van der Waals surface area (Å²) in [5, 5.41) is 3.44. The van der Waals surface area contributed by atoms with E-state index < -0.39 is 0 Å². The number of hydrogen-bond donors (Lipinski definition) is 2. The molecule has 0 saturated heterocycles. The van der Waals surface area contributed by atoms with Gasteiger partial charge in [-0.1, -0.05) is 11.6 Å². The van der Waals surface area contributed by atoms with Crippen LogP contribution in [0.1, 0.15) is 13.8 Å². The first-order valence-corrected chi connectivity index (χ1v) is 6.32. The van der Waals surface area contributed by atoms with Gasteiger partial charge in [0.05, 0.1) is 5.75 Å². The molecule has 5 heteroatoms. The molecule has 1 aromatic carbocycles. The molecule has 16 heavy (non-hydrogen) atoms. The van der Waals surface area contributed by atoms with Crippen LogP contribution in [-0.2, 0) is 4.79 Å². The van der Waals surface area contributed by atoms with Crippen molar-refractivity contribution in [1.82, 2.24) is 5.32 Å². The van der Waals surface area contributed by atoms with E-state index in [1.807, 2.05) is 13.8 Å². The number of hydrogen-bond acceptors (Lipinski definition) is 3. The van der Waals surface area contributed by atoms with Crippen molar-refractivity contribution in [2.24, 2.45) is 0 Å². The van der Waals surface area contributed by atoms with Gasteiger partial charge in [-0.05, 0) is 32.0 Å². The van der Waals surface area contributed by atoms with Crippen LogP contribution in [0.4, 0.5) is 5.69 Å². The van der Waals surface area contributed by atoms with Crippen molar-refractivity contribution in [3.05, 3.63) is 23.2 Å². The summed E-state index contributed by atoms with van der Waals surface area (Å²) in [6.45, 7) is 3.85. The molecule has 0 aliphatic rings. The van der Waals surface area contributed by atoms with Crippen LogP contribution in [0.15, 0.2) is 23.1 Å². The third-order valence-corrected chi connectivity index (χ3v) is 3.09. The first-order chi connectivity index (χ1) is 7.49. The number of nitrogens with two attached hydrogens (primary N) is 1. The molecule has 1 rings (SSSR count). The van der Waals surface area contributed by atoms with Crippen LogP contribution >= 0.6 is 23.4 Å². The topological polar surface area (TPSA) is 55.1 Å². The van der Waals surface area contributed by atoms with Gasteiger partial charge in [-0.2, -0.15) is 0 Å². The first-order valence-electron chi connectivity index (χ1n) is 4.96. The molecule has 1 aromatic rings. The Morgan fingerprint density at radius 1 is 1.56 bits per heavy atom. The fourth-order valence-corrected chi connectivity index (χ4v) is 2.19. The second-order valence-corrected chi connectivity index (χ2v) is 5.15. The number of nitrogen functional groups attached to an aromatic ring is 1. The standard InChI is InChI=1S/C11H15ClN2OS/c1-7(2)14-11(15)6-16-10-5-8(12)3-4-9(10)13/h3-5,7H,6,13H2,1-2H3,(H,14,15). The fourth-order valence-electron chi connectivity index (χ4n) is 1.14. The Labute approximate surface area is 105 Å². The van der Waals surface area contributed by atoms with Crippen LogP contribution in [0.25, 0.3) is 0 Å². The second kappa shape index (κ2) is 6.01. The Bertz CT molecular complexity index is 382. The number of benzene rings is 1. The molecular weight excluding hydrogens is 244 g/mol. The van der Waals surface area contributed by atoms with E-state index >= 15 is 0 Å². The highest BCUT2D eigenvalue weighted by atomic mass is 35.5. The monoisotopic (exact) mass is 258 g/mol. The molecule has 0 atom stereocenters. The lowest BCUT2D eigenvalue weighted by Crippen LogP contribution is -2.31. The minimum Gasteiger partial charge on any atom is -0.398 e. The Hall–Kier alpha value is -0.870. The van der Waals surface area contributed by atoms with E-state index in [9.17, 15) is 4.79 Å². The Morgan fingerprint density at radius 3 is 2.88 bits per heavy atom. The molecule has 0 fully saturated rings.